The zero-order chi connectivity index (χ0) is 13.9. The summed E-state index contributed by atoms with van der Waals surface area (Å²) in [6.07, 6.45) is 9.12. The van der Waals surface area contributed by atoms with Gasteiger partial charge in [0.05, 0.1) is 6.20 Å². The molecule has 0 aliphatic heterocycles. The van der Waals surface area contributed by atoms with Crippen LogP contribution in [0, 0.1) is 0 Å². The highest BCUT2D eigenvalue weighted by Gasteiger charge is 2.28. The molecule has 0 aromatic carbocycles. The van der Waals surface area contributed by atoms with Gasteiger partial charge in [-0.05, 0) is 54.8 Å². The lowest BCUT2D eigenvalue weighted by Gasteiger charge is -2.31. The number of aromatic nitrogens is 2. The quantitative estimate of drug-likeness (QED) is 0.916. The molecule has 0 amide bonds. The molecular formula is C16H23N3S. The van der Waals surface area contributed by atoms with Crippen molar-refractivity contribution in [2.24, 2.45) is 7.05 Å². The van der Waals surface area contributed by atoms with E-state index < -0.39 is 0 Å². The van der Waals surface area contributed by atoms with Crippen LogP contribution in [0.5, 0.6) is 0 Å². The van der Waals surface area contributed by atoms with Crippen LogP contribution in [0.2, 0.25) is 0 Å². The topological polar surface area (TPSA) is 29.9 Å². The fraction of sp³-hybridized carbons (Fsp3) is 0.562. The Morgan fingerprint density at radius 1 is 1.55 bits per heavy atom. The van der Waals surface area contributed by atoms with Crippen molar-refractivity contribution in [3.8, 4) is 0 Å². The molecular weight excluding hydrogens is 266 g/mol. The monoisotopic (exact) mass is 289 g/mol. The maximum absolute atomic E-state index is 4.30. The van der Waals surface area contributed by atoms with E-state index >= 15 is 0 Å². The van der Waals surface area contributed by atoms with Crippen molar-refractivity contribution >= 4 is 11.3 Å². The maximum atomic E-state index is 4.30. The van der Waals surface area contributed by atoms with Crippen LogP contribution in [-0.2, 0) is 19.9 Å². The van der Waals surface area contributed by atoms with Gasteiger partial charge >= 0.3 is 0 Å². The van der Waals surface area contributed by atoms with Crippen molar-refractivity contribution in [1.82, 2.24) is 15.1 Å². The molecule has 108 valence electrons. The van der Waals surface area contributed by atoms with Crippen molar-refractivity contribution in [3.63, 3.8) is 0 Å². The fourth-order valence-corrected chi connectivity index (χ4v) is 4.39. The molecule has 1 aliphatic rings. The van der Waals surface area contributed by atoms with Gasteiger partial charge < -0.3 is 5.32 Å². The standard InChI is InChI=1S/C16H23N3S/c1-3-17-15(9-12-10-18-19(2)11-12)13-5-4-6-16-14(13)7-8-20-16/h7-8,10-11,13,15,17H,3-6,9H2,1-2H3. The van der Waals surface area contributed by atoms with Gasteiger partial charge in [-0.25, -0.2) is 0 Å². The molecule has 2 aromatic rings. The first-order chi connectivity index (χ1) is 9.78. The average Bonchev–Trinajstić information content (AvgIpc) is 3.06. The van der Waals surface area contributed by atoms with Crippen LogP contribution in [0.3, 0.4) is 0 Å². The minimum absolute atomic E-state index is 0.526. The third-order valence-electron chi connectivity index (χ3n) is 4.26. The van der Waals surface area contributed by atoms with Crippen LogP contribution in [0.15, 0.2) is 23.8 Å². The number of hydrogen-bond donors (Lipinski definition) is 1. The SMILES string of the molecule is CCNC(Cc1cnn(C)c1)C1CCCc2sccc21. The Labute approximate surface area is 125 Å². The van der Waals surface area contributed by atoms with E-state index in [0.29, 0.717) is 12.0 Å². The van der Waals surface area contributed by atoms with Crippen LogP contribution in [0.1, 0.15) is 41.7 Å². The van der Waals surface area contributed by atoms with Gasteiger partial charge in [0.15, 0.2) is 0 Å². The predicted molar refractivity (Wildman–Crippen MR) is 84.4 cm³/mol. The number of nitrogens with one attached hydrogen (secondary N) is 1. The van der Waals surface area contributed by atoms with E-state index in [4.69, 9.17) is 0 Å². The van der Waals surface area contributed by atoms with E-state index in [1.807, 2.05) is 29.3 Å². The van der Waals surface area contributed by atoms with Crippen molar-refractivity contribution in [2.75, 3.05) is 6.54 Å². The lowest BCUT2D eigenvalue weighted by molar-refractivity contribution is 0.398. The number of thiophene rings is 1. The van der Waals surface area contributed by atoms with Crippen LogP contribution in [0.4, 0.5) is 0 Å². The molecule has 4 heteroatoms. The molecule has 2 unspecified atom stereocenters. The minimum atomic E-state index is 0.526. The molecule has 0 bridgehead atoms. The molecule has 20 heavy (non-hydrogen) atoms. The molecule has 2 atom stereocenters. The van der Waals surface area contributed by atoms with Gasteiger partial charge in [0, 0.05) is 30.1 Å². The summed E-state index contributed by atoms with van der Waals surface area (Å²) in [5, 5.41) is 10.3. The first kappa shape index (κ1) is 13.8. The molecule has 0 spiro atoms. The van der Waals surface area contributed by atoms with Crippen LogP contribution >= 0.6 is 11.3 Å². The number of rotatable bonds is 5. The molecule has 0 saturated carbocycles. The summed E-state index contributed by atoms with van der Waals surface area (Å²) in [6.45, 7) is 3.23. The largest absolute Gasteiger partial charge is 0.313 e. The molecule has 1 aliphatic carbocycles. The molecule has 3 nitrogen and oxygen atoms in total. The van der Waals surface area contributed by atoms with Crippen molar-refractivity contribution in [3.05, 3.63) is 39.8 Å². The van der Waals surface area contributed by atoms with E-state index in [9.17, 15) is 0 Å². The van der Waals surface area contributed by atoms with E-state index in [1.54, 1.807) is 10.4 Å². The number of likely N-dealkylation sites (N-methyl/N-ethyl adjacent to an activating group) is 1. The van der Waals surface area contributed by atoms with Crippen molar-refractivity contribution in [2.45, 2.75) is 44.6 Å². The summed E-state index contributed by atoms with van der Waals surface area (Å²) in [7, 11) is 1.99. The Hall–Kier alpha value is -1.13. The highest BCUT2D eigenvalue weighted by molar-refractivity contribution is 7.10. The van der Waals surface area contributed by atoms with Gasteiger partial charge in [0.2, 0.25) is 0 Å². The Balaban J connectivity index is 1.81. The van der Waals surface area contributed by atoms with Gasteiger partial charge in [-0.1, -0.05) is 6.92 Å². The summed E-state index contributed by atoms with van der Waals surface area (Å²) >= 11 is 1.93. The predicted octanol–water partition coefficient (Wildman–Crippen LogP) is 3.12. The third kappa shape index (κ3) is 2.81. The molecule has 2 heterocycles. The second kappa shape index (κ2) is 6.10. The van der Waals surface area contributed by atoms with Crippen LogP contribution in [0.25, 0.3) is 0 Å². The smallest absolute Gasteiger partial charge is 0.0522 e. The molecule has 3 rings (SSSR count). The third-order valence-corrected chi connectivity index (χ3v) is 5.26. The first-order valence-electron chi connectivity index (χ1n) is 7.55. The molecule has 0 radical (unpaired) electrons. The van der Waals surface area contributed by atoms with Crippen LogP contribution in [-0.4, -0.2) is 22.4 Å². The Morgan fingerprint density at radius 3 is 3.20 bits per heavy atom. The van der Waals surface area contributed by atoms with Crippen LogP contribution < -0.4 is 5.32 Å². The highest BCUT2D eigenvalue weighted by atomic mass is 32.1. The Kier molecular flexibility index (Phi) is 4.22. The zero-order valence-corrected chi connectivity index (χ0v) is 13.1. The van der Waals surface area contributed by atoms with E-state index in [2.05, 4.69) is 35.0 Å². The first-order valence-corrected chi connectivity index (χ1v) is 8.43. The number of fused-ring (bicyclic) bond motifs is 1. The second-order valence-electron chi connectivity index (χ2n) is 5.69. The summed E-state index contributed by atoms with van der Waals surface area (Å²) in [5.74, 6) is 0.658. The van der Waals surface area contributed by atoms with Gasteiger partial charge in [-0.2, -0.15) is 5.10 Å². The van der Waals surface area contributed by atoms with Gasteiger partial charge in [-0.15, -0.1) is 11.3 Å². The Morgan fingerprint density at radius 2 is 2.45 bits per heavy atom. The molecule has 2 aromatic heterocycles. The van der Waals surface area contributed by atoms with Gasteiger partial charge in [-0.3, -0.25) is 4.68 Å². The van der Waals surface area contributed by atoms with E-state index in [1.165, 1.54) is 24.8 Å². The zero-order valence-electron chi connectivity index (χ0n) is 12.3. The maximum Gasteiger partial charge on any atom is 0.0522 e. The summed E-state index contributed by atoms with van der Waals surface area (Å²) in [4.78, 5) is 1.61. The normalized spacial score (nSPS) is 19.8. The van der Waals surface area contributed by atoms with Gasteiger partial charge in [0.1, 0.15) is 0 Å². The molecule has 0 fully saturated rings. The minimum Gasteiger partial charge on any atom is -0.313 e. The number of nitrogens with zero attached hydrogens (tertiary/aromatic N) is 2. The highest BCUT2D eigenvalue weighted by Crippen LogP contribution is 2.37. The van der Waals surface area contributed by atoms with E-state index in [-0.39, 0.29) is 0 Å². The fourth-order valence-electron chi connectivity index (χ4n) is 3.39. The summed E-state index contributed by atoms with van der Waals surface area (Å²) < 4.78 is 1.90. The Bertz CT molecular complexity index is 558. The lowest BCUT2D eigenvalue weighted by atomic mass is 9.80. The summed E-state index contributed by atoms with van der Waals surface area (Å²) in [5.41, 5.74) is 2.93. The van der Waals surface area contributed by atoms with E-state index in [0.717, 1.165) is 13.0 Å². The second-order valence-corrected chi connectivity index (χ2v) is 6.69. The van der Waals surface area contributed by atoms with Crippen molar-refractivity contribution < 1.29 is 0 Å². The number of hydrogen-bond acceptors (Lipinski definition) is 3. The molecule has 0 saturated heterocycles. The van der Waals surface area contributed by atoms with Crippen molar-refractivity contribution in [1.29, 1.82) is 0 Å². The lowest BCUT2D eigenvalue weighted by Crippen LogP contribution is -2.37. The average molecular weight is 289 g/mol. The number of aryl methyl sites for hydroxylation is 2. The molecule has 1 N–H and O–H groups in total. The van der Waals surface area contributed by atoms with Gasteiger partial charge in [0.25, 0.3) is 0 Å². The summed E-state index contributed by atoms with van der Waals surface area (Å²) in [6, 6.07) is 2.87.